The molecule has 25 heavy (non-hydrogen) atoms. The van der Waals surface area contributed by atoms with Crippen molar-refractivity contribution in [2.24, 2.45) is 4.99 Å². The highest BCUT2D eigenvalue weighted by Gasteiger charge is 2.12. The van der Waals surface area contributed by atoms with Gasteiger partial charge in [-0.2, -0.15) is 4.99 Å². The van der Waals surface area contributed by atoms with Crippen LogP contribution in [0.25, 0.3) is 10.2 Å². The summed E-state index contributed by atoms with van der Waals surface area (Å²) >= 11 is 1.43. The van der Waals surface area contributed by atoms with E-state index in [0.29, 0.717) is 23.5 Å². The summed E-state index contributed by atoms with van der Waals surface area (Å²) in [4.78, 5) is 17.4. The van der Waals surface area contributed by atoms with E-state index in [1.165, 1.54) is 11.3 Å². The monoisotopic (exact) mass is 350 g/mol. The van der Waals surface area contributed by atoms with Gasteiger partial charge in [0.05, 0.1) is 17.9 Å². The molecule has 1 heterocycles. The van der Waals surface area contributed by atoms with Crippen molar-refractivity contribution >= 4 is 27.5 Å². The molecule has 5 heteroatoms. The van der Waals surface area contributed by atoms with Gasteiger partial charge in [0.1, 0.15) is 11.3 Å². The molecular weight excluding hydrogens is 332 g/mol. The molecule has 0 saturated carbocycles. The van der Waals surface area contributed by atoms with Crippen LogP contribution in [-0.2, 0) is 6.54 Å². The molecule has 1 amide bonds. The highest BCUT2D eigenvalue weighted by molar-refractivity contribution is 7.16. The van der Waals surface area contributed by atoms with E-state index < -0.39 is 0 Å². The van der Waals surface area contributed by atoms with E-state index >= 15 is 0 Å². The van der Waals surface area contributed by atoms with E-state index in [4.69, 9.17) is 11.2 Å². The van der Waals surface area contributed by atoms with Crippen LogP contribution >= 0.6 is 11.3 Å². The molecule has 0 aliphatic carbocycles. The number of amides is 1. The SMILES string of the molecule is C#CCn1c(=NC(=O)c2cccc(C)c2)sc2cccc(OCC)c21. The highest BCUT2D eigenvalue weighted by Crippen LogP contribution is 2.27. The zero-order chi connectivity index (χ0) is 17.8. The van der Waals surface area contributed by atoms with E-state index in [1.807, 2.05) is 54.8 Å². The van der Waals surface area contributed by atoms with Gasteiger partial charge in [-0.25, -0.2) is 0 Å². The van der Waals surface area contributed by atoms with Gasteiger partial charge in [-0.05, 0) is 38.1 Å². The molecule has 0 N–H and O–H groups in total. The third kappa shape index (κ3) is 3.49. The van der Waals surface area contributed by atoms with Gasteiger partial charge in [-0.15, -0.1) is 6.42 Å². The minimum Gasteiger partial charge on any atom is -0.492 e. The first kappa shape index (κ1) is 17.0. The zero-order valence-electron chi connectivity index (χ0n) is 14.2. The number of terminal acetylenes is 1. The van der Waals surface area contributed by atoms with Crippen LogP contribution in [0.15, 0.2) is 47.5 Å². The van der Waals surface area contributed by atoms with Gasteiger partial charge in [0.15, 0.2) is 4.80 Å². The molecular formula is C20H18N2O2S. The zero-order valence-corrected chi connectivity index (χ0v) is 15.0. The second-order valence-corrected chi connectivity index (χ2v) is 6.51. The molecule has 126 valence electrons. The summed E-state index contributed by atoms with van der Waals surface area (Å²) in [6.45, 7) is 4.76. The van der Waals surface area contributed by atoms with Crippen molar-refractivity contribution in [1.82, 2.24) is 4.57 Å². The molecule has 0 spiro atoms. The van der Waals surface area contributed by atoms with Crippen LogP contribution in [0.2, 0.25) is 0 Å². The molecule has 1 aromatic heterocycles. The number of rotatable bonds is 4. The van der Waals surface area contributed by atoms with Crippen molar-refractivity contribution in [3.63, 3.8) is 0 Å². The summed E-state index contributed by atoms with van der Waals surface area (Å²) in [5, 5.41) is 0. The number of hydrogen-bond acceptors (Lipinski definition) is 3. The Morgan fingerprint density at radius 2 is 2.12 bits per heavy atom. The maximum absolute atomic E-state index is 12.6. The maximum Gasteiger partial charge on any atom is 0.279 e. The average Bonchev–Trinajstić information content (AvgIpc) is 2.94. The summed E-state index contributed by atoms with van der Waals surface area (Å²) in [6.07, 6.45) is 5.53. The molecule has 0 radical (unpaired) electrons. The molecule has 0 saturated heterocycles. The Morgan fingerprint density at radius 3 is 2.84 bits per heavy atom. The van der Waals surface area contributed by atoms with Crippen LogP contribution in [0, 0.1) is 19.3 Å². The molecule has 0 aliphatic rings. The third-order valence-corrected chi connectivity index (χ3v) is 4.72. The van der Waals surface area contributed by atoms with Crippen LogP contribution in [0.1, 0.15) is 22.8 Å². The first-order valence-corrected chi connectivity index (χ1v) is 8.80. The molecule has 0 fully saturated rings. The number of carbonyl (C=O) groups excluding carboxylic acids is 1. The number of para-hydroxylation sites is 1. The Bertz CT molecular complexity index is 1040. The van der Waals surface area contributed by atoms with Crippen LogP contribution < -0.4 is 9.54 Å². The Labute approximate surface area is 150 Å². The minimum atomic E-state index is -0.279. The molecule has 2 aromatic carbocycles. The maximum atomic E-state index is 12.6. The van der Waals surface area contributed by atoms with Gasteiger partial charge in [0.25, 0.3) is 5.91 Å². The van der Waals surface area contributed by atoms with E-state index in [9.17, 15) is 4.79 Å². The van der Waals surface area contributed by atoms with Crippen LogP contribution in [0.5, 0.6) is 5.75 Å². The standard InChI is InChI=1S/C20H18N2O2S/c1-4-12-22-18-16(24-5-2)10-7-11-17(18)25-20(22)21-19(23)15-9-6-8-14(3)13-15/h1,6-11,13H,5,12H2,2-3H3. The predicted octanol–water partition coefficient (Wildman–Crippen LogP) is 3.78. The first-order chi connectivity index (χ1) is 12.1. The molecule has 3 aromatic rings. The molecule has 0 unspecified atom stereocenters. The third-order valence-electron chi connectivity index (χ3n) is 3.68. The Balaban J connectivity index is 2.18. The lowest BCUT2D eigenvalue weighted by Gasteiger charge is -2.07. The number of thiazole rings is 1. The van der Waals surface area contributed by atoms with Gasteiger partial charge in [0.2, 0.25) is 0 Å². The quantitative estimate of drug-likeness (QED) is 0.672. The Morgan fingerprint density at radius 1 is 1.32 bits per heavy atom. The minimum absolute atomic E-state index is 0.279. The Hall–Kier alpha value is -2.84. The predicted molar refractivity (Wildman–Crippen MR) is 101 cm³/mol. The van der Waals surface area contributed by atoms with Gasteiger partial charge < -0.3 is 9.30 Å². The van der Waals surface area contributed by atoms with E-state index in [0.717, 1.165) is 21.5 Å². The number of benzene rings is 2. The topological polar surface area (TPSA) is 43.6 Å². The van der Waals surface area contributed by atoms with Gasteiger partial charge >= 0.3 is 0 Å². The largest absolute Gasteiger partial charge is 0.492 e. The molecule has 0 aliphatic heterocycles. The fraction of sp³-hybridized carbons (Fsp3) is 0.200. The number of aryl methyl sites for hydroxylation is 1. The van der Waals surface area contributed by atoms with Crippen molar-refractivity contribution in [2.45, 2.75) is 20.4 Å². The second-order valence-electron chi connectivity index (χ2n) is 5.50. The summed E-state index contributed by atoms with van der Waals surface area (Å²) in [5.74, 6) is 3.10. The normalized spacial score (nSPS) is 11.5. The van der Waals surface area contributed by atoms with Crippen molar-refractivity contribution in [3.05, 3.63) is 58.4 Å². The number of fused-ring (bicyclic) bond motifs is 1. The van der Waals surface area contributed by atoms with Crippen LogP contribution in [0.4, 0.5) is 0 Å². The van der Waals surface area contributed by atoms with Crippen LogP contribution in [-0.4, -0.2) is 17.1 Å². The van der Waals surface area contributed by atoms with Gasteiger partial charge in [-0.1, -0.05) is 41.0 Å². The van der Waals surface area contributed by atoms with E-state index in [-0.39, 0.29) is 5.91 Å². The van der Waals surface area contributed by atoms with Crippen molar-refractivity contribution in [2.75, 3.05) is 6.61 Å². The molecule has 0 bridgehead atoms. The number of aromatic nitrogens is 1. The lowest BCUT2D eigenvalue weighted by Crippen LogP contribution is -2.17. The molecule has 4 nitrogen and oxygen atoms in total. The summed E-state index contributed by atoms with van der Waals surface area (Å²) < 4.78 is 8.56. The fourth-order valence-corrected chi connectivity index (χ4v) is 3.67. The van der Waals surface area contributed by atoms with Crippen molar-refractivity contribution in [1.29, 1.82) is 0 Å². The lowest BCUT2D eigenvalue weighted by atomic mass is 10.1. The summed E-state index contributed by atoms with van der Waals surface area (Å²) in [5.41, 5.74) is 2.46. The summed E-state index contributed by atoms with van der Waals surface area (Å²) in [7, 11) is 0. The lowest BCUT2D eigenvalue weighted by molar-refractivity contribution is 0.0998. The van der Waals surface area contributed by atoms with Crippen LogP contribution in [0.3, 0.4) is 0 Å². The molecule has 3 rings (SSSR count). The van der Waals surface area contributed by atoms with Gasteiger partial charge in [-0.3, -0.25) is 4.79 Å². The average molecular weight is 350 g/mol. The highest BCUT2D eigenvalue weighted by atomic mass is 32.1. The second kappa shape index (κ2) is 7.37. The van der Waals surface area contributed by atoms with Gasteiger partial charge in [0, 0.05) is 5.56 Å². The Kier molecular flexibility index (Phi) is 5.01. The van der Waals surface area contributed by atoms with Crippen molar-refractivity contribution in [3.8, 4) is 18.1 Å². The number of hydrogen-bond donors (Lipinski definition) is 0. The fourth-order valence-electron chi connectivity index (χ4n) is 2.62. The smallest absolute Gasteiger partial charge is 0.279 e. The number of nitrogens with zero attached hydrogens (tertiary/aromatic N) is 2. The molecule has 0 atom stereocenters. The number of carbonyl (C=O) groups is 1. The van der Waals surface area contributed by atoms with E-state index in [1.54, 1.807) is 6.07 Å². The van der Waals surface area contributed by atoms with Crippen molar-refractivity contribution < 1.29 is 9.53 Å². The first-order valence-electron chi connectivity index (χ1n) is 7.98. The summed E-state index contributed by atoms with van der Waals surface area (Å²) in [6, 6.07) is 13.2. The van der Waals surface area contributed by atoms with E-state index in [2.05, 4.69) is 10.9 Å². The number of ether oxygens (including phenoxy) is 1.